The number of aromatic nitrogens is 3. The summed E-state index contributed by atoms with van der Waals surface area (Å²) >= 11 is 3.56. The predicted molar refractivity (Wildman–Crippen MR) is 76.0 cm³/mol. The number of hydrogen-bond donors (Lipinski definition) is 1. The first-order valence-corrected chi connectivity index (χ1v) is 6.70. The highest BCUT2D eigenvalue weighted by molar-refractivity contribution is 9.10. The Balaban J connectivity index is 2.52. The van der Waals surface area contributed by atoms with Gasteiger partial charge >= 0.3 is 0 Å². The summed E-state index contributed by atoms with van der Waals surface area (Å²) in [7, 11) is 1.92. The largest absolute Gasteiger partial charge is 0.312 e. The standard InChI is InChI=1S/C13H17BrN4/c1-8-5-6-11(14)12(7-8)18-10(3)13(16-17-18)9(2)15-4/h5-7,9,15H,1-4H3. The fourth-order valence-electron chi connectivity index (χ4n) is 1.89. The van der Waals surface area contributed by atoms with Crippen LogP contribution < -0.4 is 5.32 Å². The van der Waals surface area contributed by atoms with Crippen LogP contribution in [0.15, 0.2) is 22.7 Å². The van der Waals surface area contributed by atoms with E-state index in [1.165, 1.54) is 5.56 Å². The van der Waals surface area contributed by atoms with Crippen LogP contribution in [0.1, 0.15) is 29.9 Å². The van der Waals surface area contributed by atoms with Gasteiger partial charge in [-0.1, -0.05) is 11.3 Å². The molecule has 1 unspecified atom stereocenters. The smallest absolute Gasteiger partial charge is 0.103 e. The van der Waals surface area contributed by atoms with Crippen molar-refractivity contribution in [2.45, 2.75) is 26.8 Å². The molecule has 5 heteroatoms. The maximum atomic E-state index is 4.26. The fraction of sp³-hybridized carbons (Fsp3) is 0.385. The van der Waals surface area contributed by atoms with Crippen LogP contribution in [0.3, 0.4) is 0 Å². The monoisotopic (exact) mass is 308 g/mol. The molecule has 1 atom stereocenters. The van der Waals surface area contributed by atoms with E-state index in [0.717, 1.165) is 21.5 Å². The van der Waals surface area contributed by atoms with Crippen molar-refractivity contribution in [1.82, 2.24) is 20.3 Å². The van der Waals surface area contributed by atoms with Crippen molar-refractivity contribution in [3.05, 3.63) is 39.6 Å². The number of benzene rings is 1. The summed E-state index contributed by atoms with van der Waals surface area (Å²) in [5.41, 5.74) is 4.26. The molecule has 0 saturated heterocycles. The molecule has 1 aromatic heterocycles. The maximum absolute atomic E-state index is 4.26. The van der Waals surface area contributed by atoms with E-state index in [2.05, 4.69) is 57.5 Å². The van der Waals surface area contributed by atoms with Crippen LogP contribution in [0.5, 0.6) is 0 Å². The van der Waals surface area contributed by atoms with E-state index in [1.807, 2.05) is 24.7 Å². The molecule has 1 aromatic carbocycles. The molecule has 18 heavy (non-hydrogen) atoms. The molecule has 0 fully saturated rings. The van der Waals surface area contributed by atoms with Crippen LogP contribution in [-0.4, -0.2) is 22.0 Å². The van der Waals surface area contributed by atoms with Gasteiger partial charge in [-0.15, -0.1) is 5.10 Å². The number of rotatable bonds is 3. The highest BCUT2D eigenvalue weighted by atomic mass is 79.9. The normalized spacial score (nSPS) is 12.7. The van der Waals surface area contributed by atoms with Gasteiger partial charge in [0.1, 0.15) is 5.69 Å². The summed E-state index contributed by atoms with van der Waals surface area (Å²) in [5.74, 6) is 0. The number of nitrogens with one attached hydrogen (secondary N) is 1. The quantitative estimate of drug-likeness (QED) is 0.948. The molecule has 4 nitrogen and oxygen atoms in total. The van der Waals surface area contributed by atoms with Gasteiger partial charge in [0.25, 0.3) is 0 Å². The van der Waals surface area contributed by atoms with E-state index in [-0.39, 0.29) is 6.04 Å². The van der Waals surface area contributed by atoms with Gasteiger partial charge in [0.2, 0.25) is 0 Å². The maximum Gasteiger partial charge on any atom is 0.103 e. The van der Waals surface area contributed by atoms with Crippen LogP contribution in [-0.2, 0) is 0 Å². The molecular weight excluding hydrogens is 292 g/mol. The Labute approximate surface area is 116 Å². The summed E-state index contributed by atoms with van der Waals surface area (Å²) in [5, 5.41) is 11.7. The molecule has 1 N–H and O–H groups in total. The summed E-state index contributed by atoms with van der Waals surface area (Å²) in [6, 6.07) is 6.39. The summed E-state index contributed by atoms with van der Waals surface area (Å²) < 4.78 is 2.89. The number of hydrogen-bond acceptors (Lipinski definition) is 3. The van der Waals surface area contributed by atoms with Crippen molar-refractivity contribution in [1.29, 1.82) is 0 Å². The molecule has 0 radical (unpaired) electrons. The Morgan fingerprint density at radius 2 is 2.06 bits per heavy atom. The van der Waals surface area contributed by atoms with Crippen molar-refractivity contribution < 1.29 is 0 Å². The Morgan fingerprint density at radius 1 is 1.33 bits per heavy atom. The van der Waals surface area contributed by atoms with Gasteiger partial charge in [-0.2, -0.15) is 0 Å². The minimum atomic E-state index is 0.197. The van der Waals surface area contributed by atoms with Crippen molar-refractivity contribution in [2.75, 3.05) is 7.05 Å². The lowest BCUT2D eigenvalue weighted by Gasteiger charge is -2.10. The zero-order valence-corrected chi connectivity index (χ0v) is 12.6. The lowest BCUT2D eigenvalue weighted by molar-refractivity contribution is 0.627. The molecule has 96 valence electrons. The highest BCUT2D eigenvalue weighted by Gasteiger charge is 2.16. The van der Waals surface area contributed by atoms with E-state index >= 15 is 0 Å². The Hall–Kier alpha value is -1.20. The zero-order chi connectivity index (χ0) is 13.3. The third-order valence-electron chi connectivity index (χ3n) is 3.10. The van der Waals surface area contributed by atoms with Gasteiger partial charge in [-0.25, -0.2) is 4.68 Å². The van der Waals surface area contributed by atoms with E-state index in [4.69, 9.17) is 0 Å². The van der Waals surface area contributed by atoms with E-state index in [0.29, 0.717) is 0 Å². The summed E-state index contributed by atoms with van der Waals surface area (Å²) in [4.78, 5) is 0. The molecule has 0 aliphatic heterocycles. The molecule has 0 bridgehead atoms. The molecule has 0 aliphatic rings. The van der Waals surface area contributed by atoms with Gasteiger partial charge in [-0.3, -0.25) is 0 Å². The van der Waals surface area contributed by atoms with Crippen LogP contribution in [0.4, 0.5) is 0 Å². The Bertz CT molecular complexity index is 562. The Morgan fingerprint density at radius 3 is 2.72 bits per heavy atom. The third-order valence-corrected chi connectivity index (χ3v) is 3.77. The van der Waals surface area contributed by atoms with E-state index < -0.39 is 0 Å². The molecule has 2 aromatic rings. The SMILES string of the molecule is CNC(C)c1nnn(-c2cc(C)ccc2Br)c1C. The second-order valence-corrected chi connectivity index (χ2v) is 5.29. The first-order valence-electron chi connectivity index (χ1n) is 5.90. The summed E-state index contributed by atoms with van der Waals surface area (Å²) in [6.07, 6.45) is 0. The molecule has 1 heterocycles. The van der Waals surface area contributed by atoms with E-state index in [1.54, 1.807) is 0 Å². The van der Waals surface area contributed by atoms with Crippen molar-refractivity contribution >= 4 is 15.9 Å². The first-order chi connectivity index (χ1) is 8.54. The van der Waals surface area contributed by atoms with Gasteiger partial charge in [0.05, 0.1) is 17.4 Å². The third kappa shape index (κ3) is 2.33. The van der Waals surface area contributed by atoms with Gasteiger partial charge < -0.3 is 5.32 Å². The molecule has 0 amide bonds. The van der Waals surface area contributed by atoms with Crippen LogP contribution in [0, 0.1) is 13.8 Å². The van der Waals surface area contributed by atoms with Crippen LogP contribution in [0.25, 0.3) is 5.69 Å². The Kier molecular flexibility index (Phi) is 3.82. The minimum absolute atomic E-state index is 0.197. The number of halogens is 1. The topological polar surface area (TPSA) is 42.7 Å². The molecule has 2 rings (SSSR count). The lowest BCUT2D eigenvalue weighted by atomic mass is 10.2. The van der Waals surface area contributed by atoms with Gasteiger partial charge in [0, 0.05) is 4.47 Å². The predicted octanol–water partition coefficient (Wildman–Crippen LogP) is 2.93. The molecule has 0 spiro atoms. The number of nitrogens with zero attached hydrogens (tertiary/aromatic N) is 3. The van der Waals surface area contributed by atoms with Crippen molar-refractivity contribution in [3.63, 3.8) is 0 Å². The molecule has 0 saturated carbocycles. The van der Waals surface area contributed by atoms with Gasteiger partial charge in [0.15, 0.2) is 0 Å². The zero-order valence-electron chi connectivity index (χ0n) is 11.0. The minimum Gasteiger partial charge on any atom is -0.312 e. The fourth-order valence-corrected chi connectivity index (χ4v) is 2.31. The lowest BCUT2D eigenvalue weighted by Crippen LogP contribution is -2.14. The molecular formula is C13H17BrN4. The molecule has 0 aliphatic carbocycles. The summed E-state index contributed by atoms with van der Waals surface area (Å²) in [6.45, 7) is 6.18. The van der Waals surface area contributed by atoms with Gasteiger partial charge in [-0.05, 0) is 61.4 Å². The number of aryl methyl sites for hydroxylation is 1. The first kappa shape index (κ1) is 13.2. The van der Waals surface area contributed by atoms with Crippen molar-refractivity contribution in [2.24, 2.45) is 0 Å². The van der Waals surface area contributed by atoms with Crippen LogP contribution in [0.2, 0.25) is 0 Å². The second kappa shape index (κ2) is 5.20. The van der Waals surface area contributed by atoms with E-state index in [9.17, 15) is 0 Å². The van der Waals surface area contributed by atoms with Crippen LogP contribution >= 0.6 is 15.9 Å². The van der Waals surface area contributed by atoms with Crippen molar-refractivity contribution in [3.8, 4) is 5.69 Å². The average Bonchev–Trinajstić information content (AvgIpc) is 2.73. The average molecular weight is 309 g/mol. The second-order valence-electron chi connectivity index (χ2n) is 4.44. The highest BCUT2D eigenvalue weighted by Crippen LogP contribution is 2.24.